The van der Waals surface area contributed by atoms with Gasteiger partial charge in [-0.2, -0.15) is 0 Å². The van der Waals surface area contributed by atoms with Crippen molar-refractivity contribution in [1.29, 1.82) is 0 Å². The molecule has 1 aromatic carbocycles. The smallest absolute Gasteiger partial charge is 0.213 e. The molecule has 0 aliphatic carbocycles. The summed E-state index contributed by atoms with van der Waals surface area (Å²) in [6, 6.07) is 10.3. The number of nitrogens with zero attached hydrogens (tertiary/aromatic N) is 1. The van der Waals surface area contributed by atoms with Crippen LogP contribution in [0.2, 0.25) is 0 Å². The second kappa shape index (κ2) is 13.6. The van der Waals surface area contributed by atoms with Gasteiger partial charge in [0.15, 0.2) is 0 Å². The minimum atomic E-state index is 0.512. The van der Waals surface area contributed by atoms with Crippen molar-refractivity contribution in [3.8, 4) is 0 Å². The molecule has 3 nitrogen and oxygen atoms in total. The Morgan fingerprint density at radius 2 is 1.39 bits per heavy atom. The van der Waals surface area contributed by atoms with Crippen molar-refractivity contribution in [2.24, 2.45) is 0 Å². The van der Waals surface area contributed by atoms with Gasteiger partial charge in [-0.15, -0.1) is 0 Å². The van der Waals surface area contributed by atoms with E-state index in [-0.39, 0.29) is 0 Å². The van der Waals surface area contributed by atoms with E-state index in [4.69, 9.17) is 0 Å². The zero-order valence-corrected chi connectivity index (χ0v) is 13.1. The Morgan fingerprint density at radius 3 is 1.56 bits per heavy atom. The number of aromatic nitrogens is 3. The van der Waals surface area contributed by atoms with E-state index in [1.807, 2.05) is 52.8 Å². The Kier molecular flexibility index (Phi) is 14.4. The van der Waals surface area contributed by atoms with E-state index >= 15 is 0 Å². The summed E-state index contributed by atoms with van der Waals surface area (Å²) in [5, 5.41) is 5.38. The Morgan fingerprint density at radius 1 is 0.889 bits per heavy atom. The minimum absolute atomic E-state index is 0.512. The number of hydrogen-bond donors (Lipinski definition) is 2. The van der Waals surface area contributed by atoms with E-state index in [1.54, 1.807) is 0 Å². The molecule has 0 radical (unpaired) electrons. The van der Waals surface area contributed by atoms with Gasteiger partial charge in [-0.05, 0) is 26.1 Å². The summed E-state index contributed by atoms with van der Waals surface area (Å²) in [6.45, 7) is 11.9. The highest BCUT2D eigenvalue weighted by Gasteiger charge is 1.79. The van der Waals surface area contributed by atoms with Crippen molar-refractivity contribution in [3.05, 3.63) is 46.5 Å². The molecule has 0 amide bonds. The van der Waals surface area contributed by atoms with Crippen LogP contribution in [0.4, 0.5) is 0 Å². The molecule has 2 N–H and O–H groups in total. The zero-order chi connectivity index (χ0) is 14.4. The Hall–Kier alpha value is -1.42. The summed E-state index contributed by atoms with van der Waals surface area (Å²) in [4.78, 5) is 3.81. The molecule has 0 aliphatic heterocycles. The second-order valence-corrected chi connectivity index (χ2v) is 3.29. The van der Waals surface area contributed by atoms with Gasteiger partial charge in [0.05, 0.1) is 0 Å². The molecular formula is C14H25N3S. The van der Waals surface area contributed by atoms with Crippen molar-refractivity contribution in [2.75, 3.05) is 0 Å². The fraction of sp³-hybridized carbons (Fsp3) is 0.429. The molecule has 0 aliphatic rings. The third kappa shape index (κ3) is 11.1. The van der Waals surface area contributed by atoms with E-state index in [9.17, 15) is 0 Å². The van der Waals surface area contributed by atoms with Gasteiger partial charge in [-0.1, -0.05) is 63.6 Å². The average Bonchev–Trinajstić information content (AvgIpc) is 2.80. The lowest BCUT2D eigenvalue weighted by molar-refractivity contribution is 1.03. The molecule has 1 aromatic heterocycles. The minimum Gasteiger partial charge on any atom is -0.286 e. The first-order valence-electron chi connectivity index (χ1n) is 6.31. The first kappa shape index (κ1) is 18.9. The fourth-order valence-corrected chi connectivity index (χ4v) is 1.07. The monoisotopic (exact) mass is 267 g/mol. The van der Waals surface area contributed by atoms with Crippen LogP contribution in [0.5, 0.6) is 0 Å². The summed E-state index contributed by atoms with van der Waals surface area (Å²) < 4.78 is 0.512. The third-order valence-corrected chi connectivity index (χ3v) is 1.75. The topological polar surface area (TPSA) is 44.5 Å². The molecule has 1 heterocycles. The Bertz CT molecular complexity index is 418. The molecule has 0 saturated carbocycles. The van der Waals surface area contributed by atoms with E-state index in [0.29, 0.717) is 4.77 Å². The highest BCUT2D eigenvalue weighted by atomic mass is 32.1. The number of benzene rings is 1. The lowest BCUT2D eigenvalue weighted by Gasteiger charge is -1.82. The molecule has 2 rings (SSSR count). The van der Waals surface area contributed by atoms with Gasteiger partial charge in [0.2, 0.25) is 4.77 Å². The third-order valence-electron chi connectivity index (χ3n) is 1.56. The van der Waals surface area contributed by atoms with Crippen molar-refractivity contribution >= 4 is 12.2 Å². The summed E-state index contributed by atoms with van der Waals surface area (Å²) in [7, 11) is 0. The molecule has 0 saturated heterocycles. The van der Waals surface area contributed by atoms with Crippen molar-refractivity contribution in [2.45, 2.75) is 41.5 Å². The van der Waals surface area contributed by atoms with Crippen LogP contribution in [0, 0.1) is 18.6 Å². The number of H-pyrrole nitrogens is 2. The molecule has 2 aromatic rings. The molecule has 18 heavy (non-hydrogen) atoms. The maximum absolute atomic E-state index is 4.63. The summed E-state index contributed by atoms with van der Waals surface area (Å²) >= 11 is 4.63. The average molecular weight is 267 g/mol. The summed E-state index contributed by atoms with van der Waals surface area (Å²) in [5.74, 6) is 0.824. The molecule has 0 atom stereocenters. The number of aryl methyl sites for hydroxylation is 2. The van der Waals surface area contributed by atoms with Crippen LogP contribution >= 0.6 is 12.2 Å². The Labute approximate surface area is 116 Å². The molecular weight excluding hydrogens is 242 g/mol. The number of aromatic amines is 2. The van der Waals surface area contributed by atoms with E-state index < -0.39 is 0 Å². The van der Waals surface area contributed by atoms with Crippen LogP contribution in [0.25, 0.3) is 0 Å². The Balaban J connectivity index is 0. The van der Waals surface area contributed by atoms with Crippen molar-refractivity contribution in [3.63, 3.8) is 0 Å². The summed E-state index contributed by atoms with van der Waals surface area (Å²) in [5.41, 5.74) is 1.32. The predicted molar refractivity (Wildman–Crippen MR) is 82.4 cm³/mol. The molecule has 0 unspecified atom stereocenters. The van der Waals surface area contributed by atoms with Crippen LogP contribution in [-0.2, 0) is 0 Å². The lowest BCUT2D eigenvalue weighted by Crippen LogP contribution is -1.68. The lowest BCUT2D eigenvalue weighted by atomic mass is 10.2. The van der Waals surface area contributed by atoms with E-state index in [0.717, 1.165) is 5.82 Å². The van der Waals surface area contributed by atoms with Crippen LogP contribution in [0.3, 0.4) is 0 Å². The standard InChI is InChI=1S/C7H8.C3H5N3S.2C2H6/c1-7-5-3-2-4-6-7;1-2-4-3(7)6-5-2;2*1-2/h2-6H,1H3;1H3,(H2,4,5,6,7);2*1-2H3. The second-order valence-electron chi connectivity index (χ2n) is 2.91. The maximum Gasteiger partial charge on any atom is 0.213 e. The molecule has 4 heteroatoms. The fourth-order valence-electron chi connectivity index (χ4n) is 0.887. The van der Waals surface area contributed by atoms with Crippen LogP contribution in [0.15, 0.2) is 30.3 Å². The SMILES string of the molecule is CC.CC.Cc1ccccc1.Cc1nc(=S)[nH][nH]1. The van der Waals surface area contributed by atoms with E-state index in [2.05, 4.69) is 46.5 Å². The van der Waals surface area contributed by atoms with Gasteiger partial charge >= 0.3 is 0 Å². The largest absolute Gasteiger partial charge is 0.286 e. The van der Waals surface area contributed by atoms with E-state index in [1.165, 1.54) is 5.56 Å². The van der Waals surface area contributed by atoms with Crippen LogP contribution < -0.4 is 0 Å². The highest BCUT2D eigenvalue weighted by molar-refractivity contribution is 7.71. The molecule has 0 bridgehead atoms. The van der Waals surface area contributed by atoms with Gasteiger partial charge in [0.1, 0.15) is 5.82 Å². The normalized spacial score (nSPS) is 7.67. The molecule has 102 valence electrons. The summed E-state index contributed by atoms with van der Waals surface area (Å²) in [6.07, 6.45) is 0. The maximum atomic E-state index is 4.63. The highest BCUT2D eigenvalue weighted by Crippen LogP contribution is 1.92. The van der Waals surface area contributed by atoms with Gasteiger partial charge < -0.3 is 0 Å². The van der Waals surface area contributed by atoms with Crippen molar-refractivity contribution < 1.29 is 0 Å². The van der Waals surface area contributed by atoms with Gasteiger partial charge in [0.25, 0.3) is 0 Å². The van der Waals surface area contributed by atoms with Gasteiger partial charge in [-0.25, -0.2) is 4.98 Å². The number of hydrogen-bond acceptors (Lipinski definition) is 2. The zero-order valence-electron chi connectivity index (χ0n) is 12.2. The van der Waals surface area contributed by atoms with Crippen molar-refractivity contribution in [1.82, 2.24) is 15.2 Å². The quantitative estimate of drug-likeness (QED) is 0.672. The van der Waals surface area contributed by atoms with Gasteiger partial charge in [0, 0.05) is 0 Å². The van der Waals surface area contributed by atoms with Crippen LogP contribution in [-0.4, -0.2) is 15.2 Å². The van der Waals surface area contributed by atoms with Gasteiger partial charge in [-0.3, -0.25) is 10.2 Å². The molecule has 0 spiro atoms. The predicted octanol–water partition coefficient (Wildman–Crippen LogP) is 4.82. The first-order valence-corrected chi connectivity index (χ1v) is 6.72. The molecule has 0 fully saturated rings. The number of nitrogens with one attached hydrogen (secondary N) is 2. The van der Waals surface area contributed by atoms with Crippen LogP contribution in [0.1, 0.15) is 39.1 Å². The number of rotatable bonds is 0. The first-order chi connectivity index (χ1) is 8.68.